The second kappa shape index (κ2) is 15.4. The van der Waals surface area contributed by atoms with Gasteiger partial charge in [0.25, 0.3) is 11.8 Å². The second-order valence-electron chi connectivity index (χ2n) is 9.05. The molecule has 0 saturated heterocycles. The van der Waals surface area contributed by atoms with E-state index < -0.39 is 42.1 Å². The lowest BCUT2D eigenvalue weighted by Gasteiger charge is -2.21. The molecule has 200 valence electrons. The van der Waals surface area contributed by atoms with Crippen molar-refractivity contribution in [1.82, 2.24) is 15.5 Å². The number of aliphatic carboxylic acids is 1. The van der Waals surface area contributed by atoms with Crippen LogP contribution in [0.15, 0.2) is 12.2 Å². The summed E-state index contributed by atoms with van der Waals surface area (Å²) in [6.45, 7) is 3.87. The van der Waals surface area contributed by atoms with Gasteiger partial charge in [-0.3, -0.25) is 33.7 Å². The number of Topliss-reactive ketones (excluding diaryl/α,β-unsaturated/α-hetero) is 2. The first kappa shape index (κ1) is 30.5. The molecule has 1 aliphatic rings. The Kier molecular flexibility index (Phi) is 13.1. The maximum Gasteiger partial charge on any atom is 0.312 e. The summed E-state index contributed by atoms with van der Waals surface area (Å²) in [5.41, 5.74) is 5.02. The van der Waals surface area contributed by atoms with Gasteiger partial charge in [0.05, 0.1) is 12.5 Å². The number of primary amides is 1. The maximum atomic E-state index is 12.9. The Labute approximate surface area is 210 Å². The SMILES string of the molecule is CC(C)C(=O)[C@H](CCCNC(N)=O)CC(=O)[C@H](CC(=O)O)NC(=O)CCCCCN1C(=O)C=CC1=O. The van der Waals surface area contributed by atoms with Crippen LogP contribution < -0.4 is 16.4 Å². The van der Waals surface area contributed by atoms with Crippen LogP contribution >= 0.6 is 0 Å². The van der Waals surface area contributed by atoms with E-state index in [0.717, 1.165) is 4.90 Å². The molecule has 0 fully saturated rings. The molecule has 12 heteroatoms. The average Bonchev–Trinajstić information content (AvgIpc) is 3.11. The van der Waals surface area contributed by atoms with Gasteiger partial charge >= 0.3 is 12.0 Å². The van der Waals surface area contributed by atoms with Gasteiger partial charge in [-0.2, -0.15) is 0 Å². The molecule has 36 heavy (non-hydrogen) atoms. The summed E-state index contributed by atoms with van der Waals surface area (Å²) in [7, 11) is 0. The van der Waals surface area contributed by atoms with Gasteiger partial charge in [-0.05, 0) is 25.7 Å². The minimum atomic E-state index is -1.27. The number of carboxylic acid groups (broad SMARTS) is 1. The van der Waals surface area contributed by atoms with Crippen molar-refractivity contribution >= 4 is 41.3 Å². The Morgan fingerprint density at radius 2 is 1.61 bits per heavy atom. The molecule has 1 aliphatic heterocycles. The van der Waals surface area contributed by atoms with Crippen LogP contribution in [0.4, 0.5) is 4.79 Å². The molecule has 0 bridgehead atoms. The molecule has 0 aromatic rings. The molecule has 0 aliphatic carbocycles. The number of hydrogen-bond donors (Lipinski definition) is 4. The minimum absolute atomic E-state index is 0.0384. The van der Waals surface area contributed by atoms with E-state index >= 15 is 0 Å². The topological polar surface area (TPSA) is 193 Å². The summed E-state index contributed by atoms with van der Waals surface area (Å²) < 4.78 is 0. The van der Waals surface area contributed by atoms with E-state index in [0.29, 0.717) is 32.1 Å². The highest BCUT2D eigenvalue weighted by atomic mass is 16.4. The number of nitrogens with one attached hydrogen (secondary N) is 2. The fourth-order valence-electron chi connectivity index (χ4n) is 3.83. The van der Waals surface area contributed by atoms with E-state index in [-0.39, 0.29) is 49.4 Å². The van der Waals surface area contributed by atoms with Gasteiger partial charge in [-0.15, -0.1) is 0 Å². The van der Waals surface area contributed by atoms with Crippen molar-refractivity contribution in [3.8, 4) is 0 Å². The van der Waals surface area contributed by atoms with Crippen molar-refractivity contribution in [3.05, 3.63) is 12.2 Å². The van der Waals surface area contributed by atoms with Crippen LogP contribution in [0.2, 0.25) is 0 Å². The van der Waals surface area contributed by atoms with Crippen molar-refractivity contribution in [2.24, 2.45) is 17.6 Å². The molecule has 0 spiro atoms. The molecule has 0 unspecified atom stereocenters. The number of carboxylic acids is 1. The average molecular weight is 509 g/mol. The molecule has 0 aromatic heterocycles. The van der Waals surface area contributed by atoms with Crippen LogP contribution in [-0.4, -0.2) is 70.4 Å². The smallest absolute Gasteiger partial charge is 0.312 e. The normalized spacial score (nSPS) is 14.6. The van der Waals surface area contributed by atoms with Crippen LogP contribution in [-0.2, 0) is 28.8 Å². The molecule has 5 N–H and O–H groups in total. The van der Waals surface area contributed by atoms with Gasteiger partial charge in [0, 0.05) is 49.9 Å². The van der Waals surface area contributed by atoms with E-state index in [2.05, 4.69) is 10.6 Å². The summed E-state index contributed by atoms with van der Waals surface area (Å²) in [6.07, 6.45) is 3.79. The number of nitrogens with two attached hydrogens (primary N) is 1. The number of rotatable bonds is 18. The maximum absolute atomic E-state index is 12.9. The van der Waals surface area contributed by atoms with Gasteiger partial charge in [-0.1, -0.05) is 20.3 Å². The number of ketones is 2. The molecule has 12 nitrogen and oxygen atoms in total. The van der Waals surface area contributed by atoms with Crippen molar-refractivity contribution < 1.29 is 38.7 Å². The second-order valence-corrected chi connectivity index (χ2v) is 9.05. The zero-order valence-corrected chi connectivity index (χ0v) is 20.8. The lowest BCUT2D eigenvalue weighted by molar-refractivity contribution is -0.141. The Morgan fingerprint density at radius 1 is 0.972 bits per heavy atom. The number of carbonyl (C=O) groups is 7. The summed E-state index contributed by atoms with van der Waals surface area (Å²) in [6, 6.07) is -1.97. The number of urea groups is 1. The summed E-state index contributed by atoms with van der Waals surface area (Å²) in [5.74, 6) is -4.23. The summed E-state index contributed by atoms with van der Waals surface area (Å²) >= 11 is 0. The Balaban J connectivity index is 2.59. The van der Waals surface area contributed by atoms with Crippen molar-refractivity contribution in [2.45, 2.75) is 71.3 Å². The number of unbranched alkanes of at least 4 members (excludes halogenated alkanes) is 2. The van der Waals surface area contributed by atoms with E-state index in [4.69, 9.17) is 5.73 Å². The molecule has 5 amide bonds. The van der Waals surface area contributed by atoms with Crippen LogP contribution in [0, 0.1) is 11.8 Å². The van der Waals surface area contributed by atoms with Crippen LogP contribution in [0.25, 0.3) is 0 Å². The predicted molar refractivity (Wildman–Crippen MR) is 128 cm³/mol. The zero-order chi connectivity index (χ0) is 27.3. The fourth-order valence-corrected chi connectivity index (χ4v) is 3.83. The first-order valence-electron chi connectivity index (χ1n) is 12.1. The largest absolute Gasteiger partial charge is 0.481 e. The van der Waals surface area contributed by atoms with Gasteiger partial charge in [-0.25, -0.2) is 4.79 Å². The van der Waals surface area contributed by atoms with Crippen LogP contribution in [0.5, 0.6) is 0 Å². The van der Waals surface area contributed by atoms with Gasteiger partial charge in [0.2, 0.25) is 5.91 Å². The number of nitrogens with zero attached hydrogens (tertiary/aromatic N) is 1. The quantitative estimate of drug-likeness (QED) is 0.153. The highest BCUT2D eigenvalue weighted by molar-refractivity contribution is 6.12. The van der Waals surface area contributed by atoms with Crippen molar-refractivity contribution in [2.75, 3.05) is 13.1 Å². The fraction of sp³-hybridized carbons (Fsp3) is 0.625. The summed E-state index contributed by atoms with van der Waals surface area (Å²) in [4.78, 5) is 84.1. The molecular formula is C24H36N4O8. The minimum Gasteiger partial charge on any atom is -0.481 e. The van der Waals surface area contributed by atoms with Crippen LogP contribution in [0.1, 0.15) is 65.2 Å². The molecule has 2 atom stereocenters. The molecular weight excluding hydrogens is 472 g/mol. The number of imide groups is 1. The molecule has 0 aromatic carbocycles. The number of amides is 5. The monoisotopic (exact) mass is 508 g/mol. The third-order valence-electron chi connectivity index (χ3n) is 5.74. The third kappa shape index (κ3) is 11.2. The lowest BCUT2D eigenvalue weighted by Crippen LogP contribution is -2.43. The Morgan fingerprint density at radius 3 is 2.17 bits per heavy atom. The molecule has 0 radical (unpaired) electrons. The number of carbonyl (C=O) groups excluding carboxylic acids is 6. The van der Waals surface area contributed by atoms with E-state index in [1.165, 1.54) is 12.2 Å². The first-order chi connectivity index (χ1) is 16.9. The van der Waals surface area contributed by atoms with Gasteiger partial charge in [0.15, 0.2) is 5.78 Å². The van der Waals surface area contributed by atoms with Crippen molar-refractivity contribution in [1.29, 1.82) is 0 Å². The first-order valence-corrected chi connectivity index (χ1v) is 12.1. The lowest BCUT2D eigenvalue weighted by atomic mass is 9.85. The summed E-state index contributed by atoms with van der Waals surface area (Å²) in [5, 5.41) is 14.1. The Hall–Kier alpha value is -3.57. The van der Waals surface area contributed by atoms with E-state index in [9.17, 15) is 38.7 Å². The highest BCUT2D eigenvalue weighted by Crippen LogP contribution is 2.19. The van der Waals surface area contributed by atoms with E-state index in [1.807, 2.05) is 0 Å². The van der Waals surface area contributed by atoms with E-state index in [1.54, 1.807) is 13.8 Å². The predicted octanol–water partition coefficient (Wildman–Crippen LogP) is 0.680. The van der Waals surface area contributed by atoms with Crippen LogP contribution in [0.3, 0.4) is 0 Å². The van der Waals surface area contributed by atoms with Gasteiger partial charge in [0.1, 0.15) is 5.78 Å². The zero-order valence-electron chi connectivity index (χ0n) is 20.8. The molecule has 0 saturated carbocycles. The standard InChI is InChI=1S/C24H36N4O8/c1-15(2)23(35)16(7-6-11-26-24(25)36)13-18(29)17(14-22(33)34)27-19(30)8-4-3-5-12-28-20(31)9-10-21(28)32/h9-10,15-17H,3-8,11-14H2,1-2H3,(H,27,30)(H,33,34)(H3,25,26,36)/t16-,17+/m1/s1. The Bertz CT molecular complexity index is 865. The molecule has 1 heterocycles. The number of hydrogen-bond acceptors (Lipinski definition) is 7. The highest BCUT2D eigenvalue weighted by Gasteiger charge is 2.30. The third-order valence-corrected chi connectivity index (χ3v) is 5.74. The molecule has 1 rings (SSSR count). The van der Waals surface area contributed by atoms with Gasteiger partial charge < -0.3 is 21.5 Å². The van der Waals surface area contributed by atoms with Crippen molar-refractivity contribution in [3.63, 3.8) is 0 Å².